The van der Waals surface area contributed by atoms with Crippen LogP contribution in [0.5, 0.6) is 5.75 Å². The smallest absolute Gasteiger partial charge is 0.254 e. The average molecular weight is 284 g/mol. The number of rotatable bonds is 5. The van der Waals surface area contributed by atoms with Crippen molar-refractivity contribution in [1.82, 2.24) is 4.90 Å². The molecule has 6 heteroatoms. The van der Waals surface area contributed by atoms with E-state index in [1.165, 1.54) is 30.2 Å². The lowest BCUT2D eigenvalue weighted by atomic mass is 10.1. The molecule has 19 heavy (non-hydrogen) atoms. The van der Waals surface area contributed by atoms with Crippen LogP contribution in [0.1, 0.15) is 24.2 Å². The first-order valence-electron chi connectivity index (χ1n) is 5.79. The molecule has 0 saturated heterocycles. The molecule has 104 valence electrons. The maximum absolute atomic E-state index is 13.3. The Hall–Kier alpha value is -1.69. The summed E-state index contributed by atoms with van der Waals surface area (Å²) in [5.74, 6) is -0.740. The van der Waals surface area contributed by atoms with Gasteiger partial charge in [0.05, 0.1) is 18.6 Å². The molecule has 0 aliphatic heterocycles. The van der Waals surface area contributed by atoms with Crippen LogP contribution < -0.4 is 10.5 Å². The zero-order valence-electron chi connectivity index (χ0n) is 11.1. The number of nitrogens with zero attached hydrogens (tertiary/aromatic N) is 1. The number of ether oxygens (including phenoxy) is 1. The number of benzene rings is 1. The van der Waals surface area contributed by atoms with E-state index in [2.05, 4.69) is 0 Å². The molecule has 0 aliphatic carbocycles. The van der Waals surface area contributed by atoms with E-state index in [4.69, 9.17) is 22.7 Å². The lowest BCUT2D eigenvalue weighted by Gasteiger charge is -2.26. The topological polar surface area (TPSA) is 55.6 Å². The normalized spacial score (nSPS) is 10.4. The van der Waals surface area contributed by atoms with Gasteiger partial charge in [-0.3, -0.25) is 4.79 Å². The van der Waals surface area contributed by atoms with Gasteiger partial charge in [0, 0.05) is 11.6 Å². The van der Waals surface area contributed by atoms with E-state index >= 15 is 0 Å². The molecule has 0 heterocycles. The van der Waals surface area contributed by atoms with E-state index < -0.39 is 5.82 Å². The predicted octanol–water partition coefficient (Wildman–Crippen LogP) is 1.97. The average Bonchev–Trinajstić information content (AvgIpc) is 2.35. The Morgan fingerprint density at radius 1 is 1.53 bits per heavy atom. The largest absolute Gasteiger partial charge is 0.494 e. The van der Waals surface area contributed by atoms with Crippen LogP contribution in [0.15, 0.2) is 18.2 Å². The van der Waals surface area contributed by atoms with Crippen LogP contribution in [0.2, 0.25) is 0 Å². The second-order valence-corrected chi connectivity index (χ2v) is 4.87. The Labute approximate surface area is 117 Å². The molecule has 0 aliphatic rings. The summed E-state index contributed by atoms with van der Waals surface area (Å²) >= 11 is 4.83. The summed E-state index contributed by atoms with van der Waals surface area (Å²) in [5.41, 5.74) is 5.82. The second-order valence-electron chi connectivity index (χ2n) is 4.34. The summed E-state index contributed by atoms with van der Waals surface area (Å²) in [4.78, 5) is 14.1. The zero-order valence-corrected chi connectivity index (χ0v) is 12.0. The van der Waals surface area contributed by atoms with Crippen molar-refractivity contribution in [3.8, 4) is 5.75 Å². The molecule has 1 aromatic carbocycles. The number of carbonyl (C=O) groups excluding carboxylic acids is 1. The highest BCUT2D eigenvalue weighted by atomic mass is 32.1. The van der Waals surface area contributed by atoms with Gasteiger partial charge in [-0.2, -0.15) is 0 Å². The molecule has 1 rings (SSSR count). The molecule has 0 radical (unpaired) electrons. The molecule has 0 atom stereocenters. The Kier molecular flexibility index (Phi) is 5.23. The molecule has 0 unspecified atom stereocenters. The minimum absolute atomic E-state index is 0.0323. The van der Waals surface area contributed by atoms with E-state index in [9.17, 15) is 9.18 Å². The fourth-order valence-electron chi connectivity index (χ4n) is 1.62. The Bertz CT molecular complexity index is 492. The summed E-state index contributed by atoms with van der Waals surface area (Å²) < 4.78 is 18.2. The summed E-state index contributed by atoms with van der Waals surface area (Å²) in [6.07, 6.45) is 0. The number of nitrogens with two attached hydrogens (primary N) is 1. The van der Waals surface area contributed by atoms with Gasteiger partial charge in [0.25, 0.3) is 5.91 Å². The van der Waals surface area contributed by atoms with Crippen molar-refractivity contribution in [3.63, 3.8) is 0 Å². The lowest BCUT2D eigenvalue weighted by molar-refractivity contribution is 0.0735. The van der Waals surface area contributed by atoms with Crippen molar-refractivity contribution < 1.29 is 13.9 Å². The molecule has 0 fully saturated rings. The number of carbonyl (C=O) groups is 1. The summed E-state index contributed by atoms with van der Waals surface area (Å²) in [7, 11) is 1.35. The highest BCUT2D eigenvalue weighted by Gasteiger charge is 2.20. The van der Waals surface area contributed by atoms with Gasteiger partial charge in [-0.05, 0) is 32.0 Å². The SMILES string of the molecule is COc1cc(C(=O)N(CC(N)=S)C(C)C)ccc1F. The van der Waals surface area contributed by atoms with Crippen molar-refractivity contribution in [2.24, 2.45) is 5.73 Å². The highest BCUT2D eigenvalue weighted by molar-refractivity contribution is 7.80. The molecule has 4 nitrogen and oxygen atoms in total. The summed E-state index contributed by atoms with van der Waals surface area (Å²) in [6.45, 7) is 3.90. The number of hydrogen-bond donors (Lipinski definition) is 1. The Morgan fingerprint density at radius 2 is 2.16 bits per heavy atom. The molecule has 0 aromatic heterocycles. The molecule has 0 spiro atoms. The molecule has 2 N–H and O–H groups in total. The van der Waals surface area contributed by atoms with Crippen LogP contribution in [0.3, 0.4) is 0 Å². The van der Waals surface area contributed by atoms with Crippen molar-refractivity contribution in [2.75, 3.05) is 13.7 Å². The lowest BCUT2D eigenvalue weighted by Crippen LogP contribution is -2.42. The Morgan fingerprint density at radius 3 is 2.63 bits per heavy atom. The maximum Gasteiger partial charge on any atom is 0.254 e. The minimum atomic E-state index is -0.510. The quantitative estimate of drug-likeness (QED) is 0.840. The molecular formula is C13H17FN2O2S. The van der Waals surface area contributed by atoms with Gasteiger partial charge in [-0.1, -0.05) is 12.2 Å². The maximum atomic E-state index is 13.3. The molecule has 0 bridgehead atoms. The van der Waals surface area contributed by atoms with Gasteiger partial charge < -0.3 is 15.4 Å². The van der Waals surface area contributed by atoms with Gasteiger partial charge >= 0.3 is 0 Å². The van der Waals surface area contributed by atoms with E-state index in [-0.39, 0.29) is 29.2 Å². The molecular weight excluding hydrogens is 267 g/mol. The monoisotopic (exact) mass is 284 g/mol. The zero-order chi connectivity index (χ0) is 14.6. The molecule has 0 saturated carbocycles. The molecule has 1 aromatic rings. The summed E-state index contributed by atoms with van der Waals surface area (Å²) in [6, 6.07) is 3.91. The third-order valence-electron chi connectivity index (χ3n) is 2.61. The number of thiocarbonyl (C=S) groups is 1. The van der Waals surface area contributed by atoms with Crippen LogP contribution in [0.25, 0.3) is 0 Å². The van der Waals surface area contributed by atoms with Crippen LogP contribution in [-0.2, 0) is 0 Å². The van der Waals surface area contributed by atoms with Crippen LogP contribution in [-0.4, -0.2) is 35.5 Å². The van der Waals surface area contributed by atoms with Crippen LogP contribution in [0, 0.1) is 5.82 Å². The van der Waals surface area contributed by atoms with Gasteiger partial charge in [-0.15, -0.1) is 0 Å². The van der Waals surface area contributed by atoms with E-state index in [1.54, 1.807) is 0 Å². The van der Waals surface area contributed by atoms with E-state index in [0.717, 1.165) is 0 Å². The van der Waals surface area contributed by atoms with Crippen molar-refractivity contribution in [1.29, 1.82) is 0 Å². The third-order valence-corrected chi connectivity index (χ3v) is 2.74. The highest BCUT2D eigenvalue weighted by Crippen LogP contribution is 2.20. The van der Waals surface area contributed by atoms with E-state index in [0.29, 0.717) is 5.56 Å². The van der Waals surface area contributed by atoms with Crippen molar-refractivity contribution in [3.05, 3.63) is 29.6 Å². The number of halogens is 1. The fourth-order valence-corrected chi connectivity index (χ4v) is 1.75. The Balaban J connectivity index is 3.06. The predicted molar refractivity (Wildman–Crippen MR) is 75.9 cm³/mol. The first-order chi connectivity index (χ1) is 8.86. The van der Waals surface area contributed by atoms with Crippen LogP contribution in [0.4, 0.5) is 4.39 Å². The second kappa shape index (κ2) is 6.47. The van der Waals surface area contributed by atoms with Gasteiger partial charge in [0.1, 0.15) is 0 Å². The third kappa shape index (κ3) is 3.89. The first kappa shape index (κ1) is 15.4. The van der Waals surface area contributed by atoms with Gasteiger partial charge in [0.15, 0.2) is 11.6 Å². The molecule has 1 amide bonds. The first-order valence-corrected chi connectivity index (χ1v) is 6.20. The van der Waals surface area contributed by atoms with E-state index in [1.807, 2.05) is 13.8 Å². The summed E-state index contributed by atoms with van der Waals surface area (Å²) in [5, 5.41) is 0. The van der Waals surface area contributed by atoms with Crippen LogP contribution >= 0.6 is 12.2 Å². The van der Waals surface area contributed by atoms with Crippen molar-refractivity contribution in [2.45, 2.75) is 19.9 Å². The van der Waals surface area contributed by atoms with Crippen molar-refractivity contribution >= 4 is 23.1 Å². The minimum Gasteiger partial charge on any atom is -0.494 e. The van der Waals surface area contributed by atoms with Gasteiger partial charge in [-0.25, -0.2) is 4.39 Å². The van der Waals surface area contributed by atoms with Gasteiger partial charge in [0.2, 0.25) is 0 Å². The number of hydrogen-bond acceptors (Lipinski definition) is 3. The fraction of sp³-hybridized carbons (Fsp3) is 0.385. The number of amides is 1. The number of methoxy groups -OCH3 is 1. The standard InChI is InChI=1S/C13H17FN2O2S/c1-8(2)16(7-12(15)19)13(17)9-4-5-10(14)11(6-9)18-3/h4-6,8H,7H2,1-3H3,(H2,15,19).